The summed E-state index contributed by atoms with van der Waals surface area (Å²) in [6.45, 7) is 1.83. The quantitative estimate of drug-likeness (QED) is 0.763. The molecular weight excluding hydrogens is 252 g/mol. The zero-order valence-corrected chi connectivity index (χ0v) is 11.1. The van der Waals surface area contributed by atoms with E-state index in [1.807, 2.05) is 49.4 Å². The largest absolute Gasteiger partial charge is 0.281 e. The molecule has 5 heteroatoms. The van der Waals surface area contributed by atoms with Crippen LogP contribution < -0.4 is 5.56 Å². The molecule has 0 bridgehead atoms. The van der Waals surface area contributed by atoms with Crippen molar-refractivity contribution in [3.8, 4) is 0 Å². The van der Waals surface area contributed by atoms with E-state index < -0.39 is 0 Å². The average Bonchev–Trinajstić information content (AvgIpc) is 2.86. The highest BCUT2D eigenvalue weighted by molar-refractivity contribution is 5.81. The van der Waals surface area contributed by atoms with Crippen molar-refractivity contribution in [3.05, 3.63) is 63.7 Å². The van der Waals surface area contributed by atoms with Crippen LogP contribution in [0.15, 0.2) is 41.2 Å². The molecule has 0 aliphatic heterocycles. The molecule has 3 rings (SSSR count). The van der Waals surface area contributed by atoms with Crippen LogP contribution in [0.2, 0.25) is 0 Å². The summed E-state index contributed by atoms with van der Waals surface area (Å²) in [7, 11) is 0. The molecule has 0 fully saturated rings. The molecule has 1 aromatic carbocycles. The van der Waals surface area contributed by atoms with Gasteiger partial charge in [0.2, 0.25) is 0 Å². The molecule has 2 aromatic heterocycles. The van der Waals surface area contributed by atoms with Gasteiger partial charge in [-0.1, -0.05) is 42.5 Å². The van der Waals surface area contributed by atoms with Crippen LogP contribution in [0, 0.1) is 6.92 Å². The predicted molar refractivity (Wildman–Crippen MR) is 78.4 cm³/mol. The zero-order valence-electron chi connectivity index (χ0n) is 11.1. The van der Waals surface area contributed by atoms with Crippen LogP contribution in [0.25, 0.3) is 17.0 Å². The van der Waals surface area contributed by atoms with E-state index in [0.29, 0.717) is 17.3 Å². The second-order valence-electron chi connectivity index (χ2n) is 4.59. The number of allylic oxidation sites excluding steroid dienone is 1. The summed E-state index contributed by atoms with van der Waals surface area (Å²) < 4.78 is 0. The third-order valence-electron chi connectivity index (χ3n) is 3.16. The number of nitrogens with zero attached hydrogens (tertiary/aromatic N) is 2. The highest BCUT2D eigenvalue weighted by atomic mass is 16.1. The number of hydrogen-bond acceptors (Lipinski definition) is 3. The fourth-order valence-electron chi connectivity index (χ4n) is 2.16. The van der Waals surface area contributed by atoms with Crippen molar-refractivity contribution >= 4 is 17.0 Å². The van der Waals surface area contributed by atoms with Crippen molar-refractivity contribution in [2.75, 3.05) is 0 Å². The van der Waals surface area contributed by atoms with Gasteiger partial charge in [0.25, 0.3) is 5.56 Å². The summed E-state index contributed by atoms with van der Waals surface area (Å²) in [6, 6.07) is 10.0. The average molecular weight is 266 g/mol. The van der Waals surface area contributed by atoms with Crippen molar-refractivity contribution in [2.24, 2.45) is 0 Å². The number of fused-ring (bicyclic) bond motifs is 1. The van der Waals surface area contributed by atoms with Crippen LogP contribution in [0.3, 0.4) is 0 Å². The zero-order chi connectivity index (χ0) is 13.9. The van der Waals surface area contributed by atoms with Crippen molar-refractivity contribution in [1.82, 2.24) is 20.4 Å². The number of aryl methyl sites for hydroxylation is 1. The number of aromatic nitrogens is 4. The minimum atomic E-state index is -0.206. The molecule has 0 aliphatic carbocycles. The lowest BCUT2D eigenvalue weighted by Gasteiger charge is -1.97. The SMILES string of the molecule is Cc1[nH]nc2c(CC=Cc3ccccc3)n[nH]c(=O)c12. The molecule has 100 valence electrons. The van der Waals surface area contributed by atoms with Gasteiger partial charge in [-0.25, -0.2) is 5.10 Å². The predicted octanol–water partition coefficient (Wildman–Crippen LogP) is 2.21. The topological polar surface area (TPSA) is 74.4 Å². The number of aromatic amines is 2. The molecule has 5 nitrogen and oxygen atoms in total. The summed E-state index contributed by atoms with van der Waals surface area (Å²) in [4.78, 5) is 11.7. The summed E-state index contributed by atoms with van der Waals surface area (Å²) in [5.41, 5.74) is 3.09. The lowest BCUT2D eigenvalue weighted by Crippen LogP contribution is -2.10. The molecule has 0 atom stereocenters. The maximum absolute atomic E-state index is 11.7. The van der Waals surface area contributed by atoms with Crippen molar-refractivity contribution in [1.29, 1.82) is 0 Å². The van der Waals surface area contributed by atoms with Crippen molar-refractivity contribution < 1.29 is 0 Å². The van der Waals surface area contributed by atoms with E-state index in [4.69, 9.17) is 0 Å². The van der Waals surface area contributed by atoms with E-state index in [1.54, 1.807) is 0 Å². The first-order valence-corrected chi connectivity index (χ1v) is 6.39. The Balaban J connectivity index is 1.91. The van der Waals surface area contributed by atoms with E-state index in [9.17, 15) is 4.79 Å². The molecular formula is C15H14N4O. The molecule has 3 aromatic rings. The number of H-pyrrole nitrogens is 2. The van der Waals surface area contributed by atoms with Crippen LogP contribution in [-0.2, 0) is 6.42 Å². The second-order valence-corrected chi connectivity index (χ2v) is 4.59. The Bertz CT molecular complexity index is 815. The first-order chi connectivity index (χ1) is 9.75. The van der Waals surface area contributed by atoms with E-state index in [0.717, 1.165) is 17.0 Å². The molecule has 20 heavy (non-hydrogen) atoms. The summed E-state index contributed by atoms with van der Waals surface area (Å²) in [6.07, 6.45) is 4.66. The Hall–Kier alpha value is -2.69. The van der Waals surface area contributed by atoms with Crippen LogP contribution >= 0.6 is 0 Å². The number of hydrogen-bond donors (Lipinski definition) is 2. The van der Waals surface area contributed by atoms with Crippen LogP contribution in [0.1, 0.15) is 17.0 Å². The smallest absolute Gasteiger partial charge is 0.275 e. The van der Waals surface area contributed by atoms with Gasteiger partial charge in [0.1, 0.15) is 5.52 Å². The lowest BCUT2D eigenvalue weighted by molar-refractivity contribution is 0.938. The molecule has 0 unspecified atom stereocenters. The monoisotopic (exact) mass is 266 g/mol. The third kappa shape index (κ3) is 2.25. The van der Waals surface area contributed by atoms with Gasteiger partial charge in [0.15, 0.2) is 0 Å². The molecule has 2 heterocycles. The Morgan fingerprint density at radius 1 is 1.15 bits per heavy atom. The fourth-order valence-corrected chi connectivity index (χ4v) is 2.16. The second kappa shape index (κ2) is 5.13. The van der Waals surface area contributed by atoms with Gasteiger partial charge >= 0.3 is 0 Å². The highest BCUT2D eigenvalue weighted by Crippen LogP contribution is 2.14. The molecule has 0 amide bonds. The van der Waals surface area contributed by atoms with E-state index >= 15 is 0 Å². The molecule has 0 saturated heterocycles. The number of rotatable bonds is 3. The normalized spacial score (nSPS) is 11.4. The first kappa shape index (κ1) is 12.3. The Labute approximate surface area is 115 Å². The Morgan fingerprint density at radius 3 is 2.75 bits per heavy atom. The summed E-state index contributed by atoms with van der Waals surface area (Å²) >= 11 is 0. The fraction of sp³-hybridized carbons (Fsp3) is 0.133. The van der Waals surface area contributed by atoms with E-state index in [2.05, 4.69) is 20.4 Å². The van der Waals surface area contributed by atoms with Gasteiger partial charge in [-0.15, -0.1) is 0 Å². The van der Waals surface area contributed by atoms with Gasteiger partial charge in [-0.05, 0) is 12.5 Å². The Kier molecular flexibility index (Phi) is 3.16. The van der Waals surface area contributed by atoms with Gasteiger partial charge in [-0.3, -0.25) is 9.89 Å². The molecule has 2 N–H and O–H groups in total. The number of benzene rings is 1. The molecule has 0 spiro atoms. The van der Waals surface area contributed by atoms with Gasteiger partial charge in [-0.2, -0.15) is 10.2 Å². The van der Waals surface area contributed by atoms with Crippen molar-refractivity contribution in [2.45, 2.75) is 13.3 Å². The maximum atomic E-state index is 11.7. The third-order valence-corrected chi connectivity index (χ3v) is 3.16. The Morgan fingerprint density at radius 2 is 1.95 bits per heavy atom. The lowest BCUT2D eigenvalue weighted by atomic mass is 10.1. The molecule has 0 saturated carbocycles. The standard InChI is InChI=1S/C15H14N4O/c1-10-13-14(18-16-10)12(17-19-15(13)20)9-5-8-11-6-3-2-4-7-11/h2-8H,9H2,1H3,(H,16,18)(H,19,20). The van der Waals surface area contributed by atoms with Gasteiger partial charge < -0.3 is 0 Å². The van der Waals surface area contributed by atoms with E-state index in [-0.39, 0.29) is 5.56 Å². The van der Waals surface area contributed by atoms with Crippen LogP contribution in [-0.4, -0.2) is 20.4 Å². The van der Waals surface area contributed by atoms with Crippen LogP contribution in [0.5, 0.6) is 0 Å². The summed E-state index contributed by atoms with van der Waals surface area (Å²) in [5.74, 6) is 0. The van der Waals surface area contributed by atoms with Gasteiger partial charge in [0, 0.05) is 12.1 Å². The molecule has 0 radical (unpaired) electrons. The minimum absolute atomic E-state index is 0.206. The summed E-state index contributed by atoms with van der Waals surface area (Å²) in [5, 5.41) is 14.2. The first-order valence-electron chi connectivity index (χ1n) is 6.39. The minimum Gasteiger partial charge on any atom is -0.281 e. The maximum Gasteiger partial charge on any atom is 0.275 e. The van der Waals surface area contributed by atoms with Gasteiger partial charge in [0.05, 0.1) is 11.1 Å². The molecule has 0 aliphatic rings. The van der Waals surface area contributed by atoms with E-state index in [1.165, 1.54) is 0 Å². The number of nitrogens with one attached hydrogen (secondary N) is 2. The highest BCUT2D eigenvalue weighted by Gasteiger charge is 2.10. The van der Waals surface area contributed by atoms with Crippen LogP contribution in [0.4, 0.5) is 0 Å². The van der Waals surface area contributed by atoms with Crippen molar-refractivity contribution in [3.63, 3.8) is 0 Å².